The van der Waals surface area contributed by atoms with Gasteiger partial charge >= 0.3 is 5.69 Å². The van der Waals surface area contributed by atoms with Crippen molar-refractivity contribution >= 4 is 16.9 Å². The Morgan fingerprint density at radius 3 is 2.23 bits per heavy atom. The number of fused-ring (bicyclic) bond motifs is 1. The number of nitrogens with one attached hydrogen (secondary N) is 1. The zero-order valence-electron chi connectivity index (χ0n) is 16.7. The Morgan fingerprint density at radius 1 is 1.12 bits per heavy atom. The normalized spacial score (nSPS) is 12.1. The molecule has 1 heterocycles. The number of amides is 1. The van der Waals surface area contributed by atoms with Crippen LogP contribution in [-0.2, 0) is 17.9 Å². The van der Waals surface area contributed by atoms with Crippen LogP contribution in [0, 0.1) is 5.41 Å². The van der Waals surface area contributed by atoms with Crippen LogP contribution in [0.25, 0.3) is 11.0 Å². The number of rotatable bonds is 9. The van der Waals surface area contributed by atoms with Gasteiger partial charge in [-0.1, -0.05) is 32.9 Å². The van der Waals surface area contributed by atoms with Crippen molar-refractivity contribution in [1.82, 2.24) is 19.4 Å². The summed E-state index contributed by atoms with van der Waals surface area (Å²) in [5.41, 5.74) is 1.81. The predicted octanol–water partition coefficient (Wildman–Crippen LogP) is 2.31. The molecule has 6 nitrogen and oxygen atoms in total. The van der Waals surface area contributed by atoms with Gasteiger partial charge in [0.2, 0.25) is 5.91 Å². The zero-order valence-corrected chi connectivity index (χ0v) is 16.7. The van der Waals surface area contributed by atoms with Gasteiger partial charge in [0.05, 0.1) is 11.0 Å². The fourth-order valence-electron chi connectivity index (χ4n) is 3.48. The van der Waals surface area contributed by atoms with Crippen LogP contribution in [0.1, 0.15) is 33.6 Å². The molecule has 0 spiro atoms. The first-order chi connectivity index (χ1) is 12.2. The molecule has 1 aromatic carbocycles. The van der Waals surface area contributed by atoms with Crippen LogP contribution in [-0.4, -0.2) is 47.1 Å². The van der Waals surface area contributed by atoms with E-state index >= 15 is 0 Å². The Morgan fingerprint density at radius 2 is 1.69 bits per heavy atom. The molecule has 0 aliphatic rings. The minimum absolute atomic E-state index is 0.00709. The molecule has 1 aromatic heterocycles. The van der Waals surface area contributed by atoms with Crippen molar-refractivity contribution in [3.05, 3.63) is 34.7 Å². The van der Waals surface area contributed by atoms with Crippen LogP contribution in [0.4, 0.5) is 0 Å². The second-order valence-electron chi connectivity index (χ2n) is 8.00. The van der Waals surface area contributed by atoms with Crippen molar-refractivity contribution in [2.75, 3.05) is 27.2 Å². The number of carbonyl (C=O) groups is 1. The summed E-state index contributed by atoms with van der Waals surface area (Å²) >= 11 is 0. The molecule has 0 bridgehead atoms. The maximum absolute atomic E-state index is 12.7. The number of hydrogen-bond acceptors (Lipinski definition) is 3. The summed E-state index contributed by atoms with van der Waals surface area (Å²) in [4.78, 5) is 27.1. The summed E-state index contributed by atoms with van der Waals surface area (Å²) in [6.45, 7) is 8.94. The first kappa shape index (κ1) is 20.2. The molecular formula is C20H32N4O2. The maximum Gasteiger partial charge on any atom is 0.329 e. The third-order valence-electron chi connectivity index (χ3n) is 4.44. The molecule has 0 atom stereocenters. The highest BCUT2D eigenvalue weighted by molar-refractivity contribution is 5.78. The number of aromatic nitrogens is 2. The molecule has 0 saturated carbocycles. The van der Waals surface area contributed by atoms with E-state index in [1.807, 2.05) is 38.4 Å². The largest absolute Gasteiger partial charge is 0.355 e. The number of para-hydroxylation sites is 2. The highest BCUT2D eigenvalue weighted by atomic mass is 16.2. The molecule has 2 rings (SSSR count). The van der Waals surface area contributed by atoms with Crippen LogP contribution in [0.5, 0.6) is 0 Å². The monoisotopic (exact) mass is 360 g/mol. The molecule has 26 heavy (non-hydrogen) atoms. The number of aryl methyl sites for hydroxylation is 2. The number of imidazole rings is 1. The summed E-state index contributed by atoms with van der Waals surface area (Å²) < 4.78 is 3.52. The smallest absolute Gasteiger partial charge is 0.329 e. The van der Waals surface area contributed by atoms with Gasteiger partial charge in [-0.15, -0.1) is 0 Å². The third kappa shape index (κ3) is 4.97. The fourth-order valence-corrected chi connectivity index (χ4v) is 3.48. The quantitative estimate of drug-likeness (QED) is 0.746. The van der Waals surface area contributed by atoms with Crippen LogP contribution >= 0.6 is 0 Å². The Bertz CT molecular complexity index is 802. The van der Waals surface area contributed by atoms with Crippen LogP contribution < -0.4 is 11.0 Å². The first-order valence-corrected chi connectivity index (χ1v) is 9.34. The van der Waals surface area contributed by atoms with E-state index in [9.17, 15) is 9.59 Å². The molecule has 0 unspecified atom stereocenters. The van der Waals surface area contributed by atoms with Crippen LogP contribution in [0.3, 0.4) is 0 Å². The molecule has 2 aromatic rings. The zero-order chi connectivity index (χ0) is 19.3. The highest BCUT2D eigenvalue weighted by Crippen LogP contribution is 2.15. The van der Waals surface area contributed by atoms with Crippen molar-refractivity contribution in [1.29, 1.82) is 0 Å². The molecule has 1 amide bonds. The van der Waals surface area contributed by atoms with Gasteiger partial charge in [-0.25, -0.2) is 4.79 Å². The molecule has 1 N–H and O–H groups in total. The lowest BCUT2D eigenvalue weighted by molar-refractivity contribution is -0.121. The van der Waals surface area contributed by atoms with Crippen LogP contribution in [0.2, 0.25) is 0 Å². The molecule has 0 fully saturated rings. The Balaban J connectivity index is 2.04. The van der Waals surface area contributed by atoms with E-state index in [2.05, 4.69) is 31.0 Å². The SMILES string of the molecule is CCCn1c(=O)n(CCC(=O)NCC(C)(C)CN(C)C)c2ccccc21. The molecule has 0 saturated heterocycles. The van der Waals surface area contributed by atoms with E-state index in [-0.39, 0.29) is 17.0 Å². The Kier molecular flexibility index (Phi) is 6.64. The summed E-state index contributed by atoms with van der Waals surface area (Å²) in [6, 6.07) is 7.78. The lowest BCUT2D eigenvalue weighted by atomic mass is 9.93. The van der Waals surface area contributed by atoms with Crippen molar-refractivity contribution in [3.63, 3.8) is 0 Å². The topological polar surface area (TPSA) is 59.3 Å². The van der Waals surface area contributed by atoms with E-state index in [1.54, 1.807) is 9.13 Å². The highest BCUT2D eigenvalue weighted by Gasteiger charge is 2.20. The summed E-state index contributed by atoms with van der Waals surface area (Å²) in [7, 11) is 4.06. The van der Waals surface area contributed by atoms with Crippen molar-refractivity contribution in [2.24, 2.45) is 5.41 Å². The second-order valence-corrected chi connectivity index (χ2v) is 8.00. The van der Waals surface area contributed by atoms with E-state index < -0.39 is 0 Å². The van der Waals surface area contributed by atoms with Gasteiger partial charge in [0.1, 0.15) is 0 Å². The van der Waals surface area contributed by atoms with Gasteiger partial charge in [0, 0.05) is 32.6 Å². The summed E-state index contributed by atoms with van der Waals surface area (Å²) in [5.74, 6) is -0.0175. The van der Waals surface area contributed by atoms with E-state index in [1.165, 1.54) is 0 Å². The molecule has 6 heteroatoms. The number of nitrogens with zero attached hydrogens (tertiary/aromatic N) is 3. The first-order valence-electron chi connectivity index (χ1n) is 9.34. The maximum atomic E-state index is 12.7. The van der Waals surface area contributed by atoms with E-state index in [4.69, 9.17) is 0 Å². The van der Waals surface area contributed by atoms with Gasteiger partial charge in [-0.2, -0.15) is 0 Å². The summed E-state index contributed by atoms with van der Waals surface area (Å²) in [6.07, 6.45) is 1.20. The van der Waals surface area contributed by atoms with Gasteiger partial charge in [0.15, 0.2) is 0 Å². The summed E-state index contributed by atoms with van der Waals surface area (Å²) in [5, 5.41) is 3.01. The van der Waals surface area contributed by atoms with Crippen molar-refractivity contribution in [2.45, 2.75) is 46.7 Å². The Labute approximate surface area is 155 Å². The lowest BCUT2D eigenvalue weighted by Crippen LogP contribution is -2.40. The Hall–Kier alpha value is -2.08. The molecule has 0 aliphatic heterocycles. The van der Waals surface area contributed by atoms with Crippen molar-refractivity contribution < 1.29 is 4.79 Å². The molecular weight excluding hydrogens is 328 g/mol. The number of carbonyl (C=O) groups excluding carboxylic acids is 1. The minimum atomic E-state index is -0.0335. The standard InChI is InChI=1S/C20H32N4O2/c1-6-12-23-16-9-7-8-10-17(16)24(19(23)26)13-11-18(25)21-14-20(2,3)15-22(4)5/h7-10H,6,11-15H2,1-5H3,(H,21,25). The lowest BCUT2D eigenvalue weighted by Gasteiger charge is -2.28. The van der Waals surface area contributed by atoms with Gasteiger partial charge in [-0.05, 0) is 38.1 Å². The molecule has 0 aliphatic carbocycles. The van der Waals surface area contributed by atoms with Crippen LogP contribution in [0.15, 0.2) is 29.1 Å². The predicted molar refractivity (Wildman–Crippen MR) is 106 cm³/mol. The van der Waals surface area contributed by atoms with Gasteiger partial charge in [0.25, 0.3) is 0 Å². The van der Waals surface area contributed by atoms with Gasteiger partial charge < -0.3 is 10.2 Å². The fraction of sp³-hybridized carbons (Fsp3) is 0.600. The van der Waals surface area contributed by atoms with Crippen molar-refractivity contribution in [3.8, 4) is 0 Å². The number of hydrogen-bond donors (Lipinski definition) is 1. The molecule has 144 valence electrons. The molecule has 0 radical (unpaired) electrons. The average Bonchev–Trinajstić information content (AvgIpc) is 2.83. The minimum Gasteiger partial charge on any atom is -0.355 e. The second kappa shape index (κ2) is 8.54. The number of benzene rings is 1. The van der Waals surface area contributed by atoms with E-state index in [0.717, 1.165) is 24.0 Å². The average molecular weight is 361 g/mol. The third-order valence-corrected chi connectivity index (χ3v) is 4.44. The van der Waals surface area contributed by atoms with Gasteiger partial charge in [-0.3, -0.25) is 13.9 Å². The van der Waals surface area contributed by atoms with E-state index in [0.29, 0.717) is 26.1 Å².